The average Bonchev–Trinajstić information content (AvgIpc) is 3.29. The van der Waals surface area contributed by atoms with Gasteiger partial charge in [-0.2, -0.15) is 0 Å². The molecule has 2 aromatic carbocycles. The van der Waals surface area contributed by atoms with E-state index in [0.29, 0.717) is 18.9 Å². The molecule has 2 aliphatic rings. The SMILES string of the molecule is CC1(C)COC(C2=C(C(O)(c3ccccc3)c3ccccc3)CC=C2)=N1. The molecule has 0 atom stereocenters. The number of hydrogen-bond acceptors (Lipinski definition) is 3. The number of hydrogen-bond donors (Lipinski definition) is 1. The highest BCUT2D eigenvalue weighted by atomic mass is 16.5. The van der Waals surface area contributed by atoms with Crippen LogP contribution in [0, 0.1) is 0 Å². The number of allylic oxidation sites excluding steroid dienone is 1. The fourth-order valence-electron chi connectivity index (χ4n) is 3.64. The zero-order chi connectivity index (χ0) is 18.2. The van der Waals surface area contributed by atoms with E-state index in [1.165, 1.54) is 0 Å². The normalized spacial score (nSPS) is 18.8. The van der Waals surface area contributed by atoms with Gasteiger partial charge in [0.25, 0.3) is 0 Å². The van der Waals surface area contributed by atoms with Gasteiger partial charge in [0.05, 0.1) is 5.54 Å². The van der Waals surface area contributed by atoms with Gasteiger partial charge in [-0.1, -0.05) is 72.8 Å². The third kappa shape index (κ3) is 2.78. The summed E-state index contributed by atoms with van der Waals surface area (Å²) in [5.74, 6) is 0.629. The molecule has 1 N–H and O–H groups in total. The number of aliphatic hydroxyl groups is 1. The Balaban J connectivity index is 1.91. The summed E-state index contributed by atoms with van der Waals surface area (Å²) < 4.78 is 5.88. The topological polar surface area (TPSA) is 41.8 Å². The van der Waals surface area contributed by atoms with Crippen molar-refractivity contribution in [1.29, 1.82) is 0 Å². The summed E-state index contributed by atoms with van der Waals surface area (Å²) in [4.78, 5) is 4.73. The van der Waals surface area contributed by atoms with Gasteiger partial charge in [-0.15, -0.1) is 0 Å². The van der Waals surface area contributed by atoms with E-state index in [4.69, 9.17) is 9.73 Å². The van der Waals surface area contributed by atoms with Gasteiger partial charge in [-0.05, 0) is 37.0 Å². The molecule has 4 rings (SSSR count). The lowest BCUT2D eigenvalue weighted by Crippen LogP contribution is -2.31. The van der Waals surface area contributed by atoms with Crippen LogP contribution in [0.2, 0.25) is 0 Å². The summed E-state index contributed by atoms with van der Waals surface area (Å²) >= 11 is 0. The largest absolute Gasteiger partial charge is 0.475 e. The van der Waals surface area contributed by atoms with Gasteiger partial charge in [0.1, 0.15) is 12.2 Å². The first-order valence-corrected chi connectivity index (χ1v) is 8.97. The lowest BCUT2D eigenvalue weighted by molar-refractivity contribution is 0.118. The highest BCUT2D eigenvalue weighted by molar-refractivity contribution is 5.99. The monoisotopic (exact) mass is 345 g/mol. The minimum absolute atomic E-state index is 0.235. The Hall–Kier alpha value is -2.65. The van der Waals surface area contributed by atoms with Gasteiger partial charge >= 0.3 is 0 Å². The summed E-state index contributed by atoms with van der Waals surface area (Å²) in [6.07, 6.45) is 4.75. The van der Waals surface area contributed by atoms with Crippen molar-refractivity contribution in [2.75, 3.05) is 6.61 Å². The highest BCUT2D eigenvalue weighted by Gasteiger charge is 2.40. The number of nitrogens with zero attached hydrogens (tertiary/aromatic N) is 1. The van der Waals surface area contributed by atoms with E-state index in [0.717, 1.165) is 22.3 Å². The maximum absolute atomic E-state index is 12.0. The van der Waals surface area contributed by atoms with Crippen LogP contribution in [0.5, 0.6) is 0 Å². The third-order valence-corrected chi connectivity index (χ3v) is 4.95. The van der Waals surface area contributed by atoms with Crippen LogP contribution in [0.25, 0.3) is 0 Å². The second kappa shape index (κ2) is 6.26. The van der Waals surface area contributed by atoms with Crippen molar-refractivity contribution in [3.8, 4) is 0 Å². The molecule has 132 valence electrons. The molecule has 0 amide bonds. The molecule has 0 fully saturated rings. The predicted molar refractivity (Wildman–Crippen MR) is 104 cm³/mol. The Bertz CT molecular complexity index is 853. The van der Waals surface area contributed by atoms with Gasteiger partial charge in [0.15, 0.2) is 0 Å². The van der Waals surface area contributed by atoms with Crippen LogP contribution in [-0.4, -0.2) is 23.2 Å². The number of rotatable bonds is 4. The molecule has 3 nitrogen and oxygen atoms in total. The van der Waals surface area contributed by atoms with Crippen molar-refractivity contribution in [1.82, 2.24) is 0 Å². The van der Waals surface area contributed by atoms with Gasteiger partial charge in [-0.3, -0.25) is 0 Å². The molecule has 0 bridgehead atoms. The summed E-state index contributed by atoms with van der Waals surface area (Å²) in [5.41, 5.74) is 2.04. The van der Waals surface area contributed by atoms with E-state index in [2.05, 4.69) is 19.9 Å². The van der Waals surface area contributed by atoms with Crippen LogP contribution in [0.1, 0.15) is 31.4 Å². The van der Waals surface area contributed by atoms with Gasteiger partial charge in [-0.25, -0.2) is 4.99 Å². The molecule has 26 heavy (non-hydrogen) atoms. The summed E-state index contributed by atoms with van der Waals surface area (Å²) in [6, 6.07) is 19.6. The van der Waals surface area contributed by atoms with Crippen LogP contribution in [-0.2, 0) is 10.3 Å². The van der Waals surface area contributed by atoms with Crippen molar-refractivity contribution in [3.63, 3.8) is 0 Å². The van der Waals surface area contributed by atoms with Crippen LogP contribution in [0.15, 0.2) is 89.0 Å². The van der Waals surface area contributed by atoms with Crippen molar-refractivity contribution >= 4 is 5.90 Å². The Morgan fingerprint density at radius 2 is 1.54 bits per heavy atom. The molecule has 0 saturated heterocycles. The minimum atomic E-state index is -1.22. The van der Waals surface area contributed by atoms with Crippen LogP contribution >= 0.6 is 0 Å². The molecule has 0 unspecified atom stereocenters. The van der Waals surface area contributed by atoms with Crippen LogP contribution in [0.4, 0.5) is 0 Å². The second-order valence-corrected chi connectivity index (χ2v) is 7.46. The average molecular weight is 345 g/mol. The standard InChI is InChI=1S/C23H23NO2/c1-22(2)16-26-21(24-22)19-14-9-15-20(19)23(25,17-10-5-3-6-11-17)18-12-7-4-8-13-18/h3-14,25H,15-16H2,1-2H3. The first-order valence-electron chi connectivity index (χ1n) is 8.97. The Morgan fingerprint density at radius 1 is 0.962 bits per heavy atom. The van der Waals surface area contributed by atoms with E-state index >= 15 is 0 Å². The third-order valence-electron chi connectivity index (χ3n) is 4.95. The van der Waals surface area contributed by atoms with Crippen molar-refractivity contribution in [3.05, 3.63) is 95.1 Å². The highest BCUT2D eigenvalue weighted by Crippen LogP contribution is 2.43. The molecule has 0 saturated carbocycles. The predicted octanol–water partition coefficient (Wildman–Crippen LogP) is 4.39. The lowest BCUT2D eigenvalue weighted by atomic mass is 9.78. The molecule has 1 heterocycles. The van der Waals surface area contributed by atoms with Crippen LogP contribution < -0.4 is 0 Å². The first kappa shape index (κ1) is 16.8. The molecule has 3 heteroatoms. The van der Waals surface area contributed by atoms with E-state index in [9.17, 15) is 5.11 Å². The van der Waals surface area contributed by atoms with Gasteiger partial charge < -0.3 is 9.84 Å². The van der Waals surface area contributed by atoms with Crippen molar-refractivity contribution < 1.29 is 9.84 Å². The summed E-state index contributed by atoms with van der Waals surface area (Å²) in [5, 5.41) is 12.0. The Morgan fingerprint density at radius 3 is 2.04 bits per heavy atom. The molecule has 0 radical (unpaired) electrons. The van der Waals surface area contributed by atoms with E-state index in [-0.39, 0.29) is 5.54 Å². The van der Waals surface area contributed by atoms with Gasteiger partial charge in [0.2, 0.25) is 5.90 Å². The van der Waals surface area contributed by atoms with E-state index in [1.807, 2.05) is 66.7 Å². The summed E-state index contributed by atoms with van der Waals surface area (Å²) in [7, 11) is 0. The van der Waals surface area contributed by atoms with E-state index < -0.39 is 5.60 Å². The Labute approximate surface area is 154 Å². The summed E-state index contributed by atoms with van der Waals surface area (Å²) in [6.45, 7) is 4.67. The molecule has 0 spiro atoms. The van der Waals surface area contributed by atoms with Crippen molar-refractivity contribution in [2.24, 2.45) is 4.99 Å². The van der Waals surface area contributed by atoms with Gasteiger partial charge in [0, 0.05) is 5.57 Å². The number of benzene rings is 2. The first-order chi connectivity index (χ1) is 12.5. The van der Waals surface area contributed by atoms with E-state index in [1.54, 1.807) is 0 Å². The fourth-order valence-corrected chi connectivity index (χ4v) is 3.64. The zero-order valence-electron chi connectivity index (χ0n) is 15.1. The minimum Gasteiger partial charge on any atom is -0.475 e. The molecule has 0 aromatic heterocycles. The second-order valence-electron chi connectivity index (χ2n) is 7.46. The van der Waals surface area contributed by atoms with Crippen LogP contribution in [0.3, 0.4) is 0 Å². The molecular weight excluding hydrogens is 322 g/mol. The smallest absolute Gasteiger partial charge is 0.216 e. The van der Waals surface area contributed by atoms with Crippen molar-refractivity contribution in [2.45, 2.75) is 31.4 Å². The molecule has 2 aromatic rings. The fraction of sp³-hybridized carbons (Fsp3) is 0.261. The molecular formula is C23H23NO2. The zero-order valence-corrected chi connectivity index (χ0v) is 15.1. The Kier molecular flexibility index (Phi) is 4.04. The lowest BCUT2D eigenvalue weighted by Gasteiger charge is -2.32. The number of ether oxygens (including phenoxy) is 1. The maximum atomic E-state index is 12.0. The maximum Gasteiger partial charge on any atom is 0.216 e. The molecule has 1 aliphatic heterocycles. The number of aliphatic imine (C=N–C) groups is 1. The molecule has 1 aliphatic carbocycles. The quantitative estimate of drug-likeness (QED) is 0.893.